The van der Waals surface area contributed by atoms with Gasteiger partial charge in [0, 0.05) is 30.1 Å². The molecule has 1 aromatic carbocycles. The highest BCUT2D eigenvalue weighted by molar-refractivity contribution is 7.20. The average Bonchev–Trinajstić information content (AvgIpc) is 2.91. The fraction of sp³-hybridized carbons (Fsp3) is 0.263. The standard InChI is InChI=1S/C19H18N2OS/c1-12-8-13(2)20-18-16(12)9-17(23-18)19(22)21-10-15(11-21)14-6-4-3-5-7-14/h3-9,15H,10-11H2,1-2H3. The molecule has 0 N–H and O–H groups in total. The van der Waals surface area contributed by atoms with Gasteiger partial charge < -0.3 is 4.90 Å². The Morgan fingerprint density at radius 2 is 1.91 bits per heavy atom. The van der Waals surface area contributed by atoms with E-state index in [-0.39, 0.29) is 5.91 Å². The molecular formula is C19H18N2OS. The summed E-state index contributed by atoms with van der Waals surface area (Å²) >= 11 is 1.51. The number of thiophene rings is 1. The Morgan fingerprint density at radius 3 is 2.65 bits per heavy atom. The van der Waals surface area contributed by atoms with Crippen LogP contribution >= 0.6 is 11.3 Å². The third-order valence-corrected chi connectivity index (χ3v) is 5.51. The highest BCUT2D eigenvalue weighted by atomic mass is 32.1. The van der Waals surface area contributed by atoms with E-state index in [0.29, 0.717) is 5.92 Å². The molecule has 2 aromatic heterocycles. The molecule has 0 radical (unpaired) electrons. The number of amides is 1. The molecule has 0 bridgehead atoms. The quantitative estimate of drug-likeness (QED) is 0.710. The van der Waals surface area contributed by atoms with Gasteiger partial charge in [0.1, 0.15) is 4.83 Å². The van der Waals surface area contributed by atoms with Crippen LogP contribution in [0.2, 0.25) is 0 Å². The predicted octanol–water partition coefficient (Wildman–Crippen LogP) is 4.15. The number of rotatable bonds is 2. The number of pyridine rings is 1. The molecular weight excluding hydrogens is 304 g/mol. The Labute approximate surface area is 139 Å². The summed E-state index contributed by atoms with van der Waals surface area (Å²) in [7, 11) is 0. The van der Waals surface area contributed by atoms with E-state index >= 15 is 0 Å². The Balaban J connectivity index is 1.53. The van der Waals surface area contributed by atoms with Gasteiger partial charge in [0.25, 0.3) is 5.91 Å². The van der Waals surface area contributed by atoms with E-state index < -0.39 is 0 Å². The molecule has 0 unspecified atom stereocenters. The summed E-state index contributed by atoms with van der Waals surface area (Å²) in [5, 5.41) is 1.10. The smallest absolute Gasteiger partial charge is 0.264 e. The largest absolute Gasteiger partial charge is 0.337 e. The highest BCUT2D eigenvalue weighted by Gasteiger charge is 2.32. The van der Waals surface area contributed by atoms with Gasteiger partial charge in [0.2, 0.25) is 0 Å². The zero-order chi connectivity index (χ0) is 16.0. The summed E-state index contributed by atoms with van der Waals surface area (Å²) in [6, 6.07) is 14.5. The third kappa shape index (κ3) is 2.53. The number of hydrogen-bond acceptors (Lipinski definition) is 3. The van der Waals surface area contributed by atoms with Gasteiger partial charge in [-0.05, 0) is 37.1 Å². The van der Waals surface area contributed by atoms with E-state index in [1.165, 1.54) is 22.5 Å². The molecule has 0 saturated carbocycles. The number of carbonyl (C=O) groups is 1. The lowest BCUT2D eigenvalue weighted by Crippen LogP contribution is -2.48. The first kappa shape index (κ1) is 14.4. The number of fused-ring (bicyclic) bond motifs is 1. The minimum atomic E-state index is 0.136. The molecule has 0 aliphatic carbocycles. The molecule has 3 heterocycles. The molecule has 1 aliphatic heterocycles. The van der Waals surface area contributed by atoms with Crippen LogP contribution in [0.15, 0.2) is 42.5 Å². The molecule has 1 fully saturated rings. The first-order valence-corrected chi connectivity index (χ1v) is 8.65. The van der Waals surface area contributed by atoms with Crippen molar-refractivity contribution in [3.05, 3.63) is 64.2 Å². The van der Waals surface area contributed by atoms with Crippen LogP contribution in [0.5, 0.6) is 0 Å². The second kappa shape index (κ2) is 5.46. The Kier molecular flexibility index (Phi) is 3.42. The monoisotopic (exact) mass is 322 g/mol. The highest BCUT2D eigenvalue weighted by Crippen LogP contribution is 2.32. The van der Waals surface area contributed by atoms with Crippen molar-refractivity contribution in [2.24, 2.45) is 0 Å². The van der Waals surface area contributed by atoms with Crippen LogP contribution in [-0.2, 0) is 0 Å². The first-order valence-electron chi connectivity index (χ1n) is 7.84. The van der Waals surface area contributed by atoms with Crippen molar-refractivity contribution in [1.29, 1.82) is 0 Å². The SMILES string of the molecule is Cc1cc(C)c2cc(C(=O)N3CC(c4ccccc4)C3)sc2n1. The number of likely N-dealkylation sites (tertiary alicyclic amines) is 1. The fourth-order valence-corrected chi connectivity index (χ4v) is 4.29. The van der Waals surface area contributed by atoms with Crippen LogP contribution in [0.4, 0.5) is 0 Å². The van der Waals surface area contributed by atoms with Gasteiger partial charge in [-0.25, -0.2) is 4.98 Å². The molecule has 0 spiro atoms. The zero-order valence-corrected chi connectivity index (χ0v) is 14.1. The van der Waals surface area contributed by atoms with Crippen molar-refractivity contribution in [2.45, 2.75) is 19.8 Å². The van der Waals surface area contributed by atoms with E-state index in [1.54, 1.807) is 0 Å². The van der Waals surface area contributed by atoms with Gasteiger partial charge in [0.15, 0.2) is 0 Å². The maximum atomic E-state index is 12.7. The summed E-state index contributed by atoms with van der Waals surface area (Å²) in [6.45, 7) is 5.69. The van der Waals surface area contributed by atoms with Gasteiger partial charge in [-0.1, -0.05) is 30.3 Å². The minimum Gasteiger partial charge on any atom is -0.337 e. The van der Waals surface area contributed by atoms with Crippen molar-refractivity contribution in [1.82, 2.24) is 9.88 Å². The van der Waals surface area contributed by atoms with Crippen molar-refractivity contribution in [2.75, 3.05) is 13.1 Å². The van der Waals surface area contributed by atoms with E-state index in [9.17, 15) is 4.79 Å². The number of aryl methyl sites for hydroxylation is 2. The van der Waals surface area contributed by atoms with Gasteiger partial charge in [-0.15, -0.1) is 11.3 Å². The fourth-order valence-electron chi connectivity index (χ4n) is 3.17. The number of hydrogen-bond donors (Lipinski definition) is 0. The van der Waals surface area contributed by atoms with Crippen molar-refractivity contribution < 1.29 is 4.79 Å². The van der Waals surface area contributed by atoms with Crippen LogP contribution in [0.1, 0.15) is 32.4 Å². The van der Waals surface area contributed by atoms with Gasteiger partial charge in [-0.3, -0.25) is 4.79 Å². The van der Waals surface area contributed by atoms with Crippen molar-refractivity contribution in [3.8, 4) is 0 Å². The normalized spacial score (nSPS) is 15.0. The second-order valence-electron chi connectivity index (χ2n) is 6.23. The van der Waals surface area contributed by atoms with Gasteiger partial charge in [0.05, 0.1) is 4.88 Å². The van der Waals surface area contributed by atoms with E-state index in [2.05, 4.69) is 42.2 Å². The maximum Gasteiger partial charge on any atom is 0.264 e. The summed E-state index contributed by atoms with van der Waals surface area (Å²) < 4.78 is 0. The molecule has 1 aliphatic rings. The number of benzene rings is 1. The lowest BCUT2D eigenvalue weighted by atomic mass is 9.91. The second-order valence-corrected chi connectivity index (χ2v) is 7.26. The first-order chi connectivity index (χ1) is 11.1. The predicted molar refractivity (Wildman–Crippen MR) is 94.2 cm³/mol. The summed E-state index contributed by atoms with van der Waals surface area (Å²) in [6.07, 6.45) is 0. The third-order valence-electron chi connectivity index (χ3n) is 4.49. The molecule has 3 nitrogen and oxygen atoms in total. The van der Waals surface area contributed by atoms with Crippen LogP contribution < -0.4 is 0 Å². The zero-order valence-electron chi connectivity index (χ0n) is 13.2. The van der Waals surface area contributed by atoms with Crippen LogP contribution in [0.25, 0.3) is 10.2 Å². The van der Waals surface area contributed by atoms with Crippen LogP contribution in [0, 0.1) is 13.8 Å². The topological polar surface area (TPSA) is 33.2 Å². The molecule has 3 aromatic rings. The van der Waals surface area contributed by atoms with E-state index in [0.717, 1.165) is 33.9 Å². The maximum absolute atomic E-state index is 12.7. The molecule has 4 heteroatoms. The molecule has 23 heavy (non-hydrogen) atoms. The Hall–Kier alpha value is -2.20. The summed E-state index contributed by atoms with van der Waals surface area (Å²) in [5.41, 5.74) is 3.51. The summed E-state index contributed by atoms with van der Waals surface area (Å²) in [5.74, 6) is 0.605. The lowest BCUT2D eigenvalue weighted by molar-refractivity contribution is 0.0607. The van der Waals surface area contributed by atoms with E-state index in [1.807, 2.05) is 24.0 Å². The van der Waals surface area contributed by atoms with Gasteiger partial charge >= 0.3 is 0 Å². The van der Waals surface area contributed by atoms with Gasteiger partial charge in [-0.2, -0.15) is 0 Å². The number of aromatic nitrogens is 1. The Morgan fingerprint density at radius 1 is 1.17 bits per heavy atom. The molecule has 1 saturated heterocycles. The molecule has 116 valence electrons. The average molecular weight is 322 g/mol. The van der Waals surface area contributed by atoms with Crippen LogP contribution in [0.3, 0.4) is 0 Å². The number of nitrogens with zero attached hydrogens (tertiary/aromatic N) is 2. The summed E-state index contributed by atoms with van der Waals surface area (Å²) in [4.78, 5) is 20.9. The van der Waals surface area contributed by atoms with E-state index in [4.69, 9.17) is 0 Å². The molecule has 1 amide bonds. The lowest BCUT2D eigenvalue weighted by Gasteiger charge is -2.39. The van der Waals surface area contributed by atoms with Crippen LogP contribution in [-0.4, -0.2) is 28.9 Å². The number of carbonyl (C=O) groups excluding carboxylic acids is 1. The molecule has 0 atom stereocenters. The Bertz CT molecular complexity index is 879. The minimum absolute atomic E-state index is 0.136. The van der Waals surface area contributed by atoms with Crippen molar-refractivity contribution in [3.63, 3.8) is 0 Å². The van der Waals surface area contributed by atoms with Crippen molar-refractivity contribution >= 4 is 27.5 Å². The molecule has 4 rings (SSSR count).